The Kier molecular flexibility index (Phi) is 6.95. The Bertz CT molecular complexity index is 1160. The van der Waals surface area contributed by atoms with Gasteiger partial charge >= 0.3 is 35.5 Å². The van der Waals surface area contributed by atoms with E-state index in [2.05, 4.69) is 20.3 Å². The fraction of sp³-hybridized carbons (Fsp3) is 0.389. The molecule has 1 aromatic rings. The summed E-state index contributed by atoms with van der Waals surface area (Å²) in [7, 11) is -3.00. The fourth-order valence-corrected chi connectivity index (χ4v) is 4.88. The predicted molar refractivity (Wildman–Crippen MR) is 110 cm³/mol. The first-order valence-electron chi connectivity index (χ1n) is 9.83. The van der Waals surface area contributed by atoms with Crippen molar-refractivity contribution in [3.8, 4) is 0 Å². The first-order chi connectivity index (χ1) is 15.8. The number of fused-ring (bicyclic) bond motifs is 2. The van der Waals surface area contributed by atoms with E-state index in [1.807, 2.05) is 0 Å². The van der Waals surface area contributed by atoms with Gasteiger partial charge in [-0.05, 0) is 12.1 Å². The number of aliphatic imine (C=N–C) groups is 3. The van der Waals surface area contributed by atoms with E-state index in [0.29, 0.717) is 5.69 Å². The van der Waals surface area contributed by atoms with Gasteiger partial charge in [-0.15, -0.1) is 0 Å². The number of nitrogens with one attached hydrogen (secondary N) is 1. The minimum atomic E-state index is -4.64. The maximum Gasteiger partial charge on any atom is 1.00 e. The van der Waals surface area contributed by atoms with E-state index in [9.17, 15) is 19.0 Å². The van der Waals surface area contributed by atoms with Crippen LogP contribution in [0.1, 0.15) is 10.4 Å². The molecule has 1 aromatic carbocycles. The van der Waals surface area contributed by atoms with Crippen LogP contribution in [0.2, 0.25) is 0 Å². The molecule has 6 unspecified atom stereocenters. The van der Waals surface area contributed by atoms with E-state index in [0.717, 1.165) is 0 Å². The predicted octanol–water partition coefficient (Wildman–Crippen LogP) is -4.17. The van der Waals surface area contributed by atoms with Gasteiger partial charge in [-0.1, -0.05) is 12.1 Å². The normalized spacial score (nSPS) is 33.9. The van der Waals surface area contributed by atoms with Crippen LogP contribution in [0.3, 0.4) is 0 Å². The van der Waals surface area contributed by atoms with Crippen LogP contribution < -0.4 is 45.5 Å². The number of phosphoric acid groups is 1. The molecular weight excluding hydrogens is 482 g/mol. The number of ether oxygens (including phenoxy) is 2. The molecule has 3 N–H and O–H groups in total. The second-order valence-electron chi connectivity index (χ2n) is 7.40. The number of esters is 1. The van der Waals surface area contributed by atoms with E-state index in [-0.39, 0.29) is 53.5 Å². The topological polar surface area (TPSA) is 190 Å². The van der Waals surface area contributed by atoms with Gasteiger partial charge in [-0.2, -0.15) is 9.98 Å². The summed E-state index contributed by atoms with van der Waals surface area (Å²) in [6.45, 7) is -0.341. The summed E-state index contributed by atoms with van der Waals surface area (Å²) >= 11 is 0. The number of nitrogens with two attached hydrogens (primary N) is 1. The molecule has 2 fully saturated rings. The van der Waals surface area contributed by atoms with Crippen LogP contribution in [0, 0.1) is 0 Å². The molecule has 174 valence electrons. The second-order valence-corrected chi connectivity index (χ2v) is 8.76. The molecule has 2 saturated heterocycles. The average molecular weight is 500 g/mol. The third-order valence-corrected chi connectivity index (χ3v) is 6.37. The summed E-state index contributed by atoms with van der Waals surface area (Å²) in [6, 6.07) is 5.59. The molecule has 0 aliphatic carbocycles. The molecule has 1 amide bonds. The van der Waals surface area contributed by atoms with Crippen molar-refractivity contribution >= 4 is 43.5 Å². The van der Waals surface area contributed by atoms with Gasteiger partial charge < -0.3 is 34.5 Å². The minimum absolute atomic E-state index is 0. The van der Waals surface area contributed by atoms with Gasteiger partial charge in [-0.25, -0.2) is 4.79 Å². The van der Waals surface area contributed by atoms with Crippen LogP contribution in [0.4, 0.5) is 5.69 Å². The number of phosphoric ester groups is 1. The molecule has 34 heavy (non-hydrogen) atoms. The smallest absolute Gasteiger partial charge is 0.756 e. The molecule has 0 bridgehead atoms. The van der Waals surface area contributed by atoms with Crippen molar-refractivity contribution in [3.63, 3.8) is 0 Å². The van der Waals surface area contributed by atoms with Crippen LogP contribution in [0.15, 0.2) is 39.2 Å². The molecule has 6 atom stereocenters. The second kappa shape index (κ2) is 9.47. The van der Waals surface area contributed by atoms with E-state index in [1.165, 1.54) is 11.2 Å². The number of carbonyl (C=O) groups is 2. The molecule has 16 heteroatoms. The van der Waals surface area contributed by atoms with E-state index < -0.39 is 50.3 Å². The Labute approximate surface area is 215 Å². The van der Waals surface area contributed by atoms with Crippen LogP contribution >= 0.6 is 7.82 Å². The summed E-state index contributed by atoms with van der Waals surface area (Å²) in [5.41, 5.74) is 6.34. The molecule has 0 spiro atoms. The number of amides is 1. The molecule has 14 nitrogen and oxygen atoms in total. The third kappa shape index (κ3) is 4.43. The SMILES string of the molecule is CNc1ccccc1C(=O)OC1C2OP(=O)([O-])OCC2OC1N1C=NC2C(=O)N=C(N)N=C21.[Na+]. The summed E-state index contributed by atoms with van der Waals surface area (Å²) in [4.78, 5) is 50.2. The third-order valence-electron chi connectivity index (χ3n) is 5.40. The maximum atomic E-state index is 13.0. The number of hydrogen-bond acceptors (Lipinski definition) is 13. The van der Waals surface area contributed by atoms with Crippen LogP contribution in [-0.4, -0.2) is 79.1 Å². The number of anilines is 1. The number of para-hydroxylation sites is 1. The molecule has 5 rings (SSSR count). The van der Waals surface area contributed by atoms with Gasteiger partial charge in [-0.3, -0.25) is 19.3 Å². The quantitative estimate of drug-likeness (QED) is 0.232. The molecular formula is C18H18N6NaO8P. The van der Waals surface area contributed by atoms with Gasteiger partial charge in [0, 0.05) is 12.7 Å². The van der Waals surface area contributed by atoms with Crippen molar-refractivity contribution in [1.29, 1.82) is 0 Å². The van der Waals surface area contributed by atoms with Gasteiger partial charge in [0.25, 0.3) is 13.7 Å². The number of nitrogens with zero attached hydrogens (tertiary/aromatic N) is 4. The zero-order chi connectivity index (χ0) is 23.3. The Morgan fingerprint density at radius 2 is 2.12 bits per heavy atom. The number of carbonyl (C=O) groups excluding carboxylic acids is 2. The van der Waals surface area contributed by atoms with Crippen molar-refractivity contribution in [3.05, 3.63) is 29.8 Å². The van der Waals surface area contributed by atoms with E-state index in [4.69, 9.17) is 24.3 Å². The first-order valence-corrected chi connectivity index (χ1v) is 11.3. The van der Waals surface area contributed by atoms with Gasteiger partial charge in [0.1, 0.15) is 12.2 Å². The zero-order valence-corrected chi connectivity index (χ0v) is 21.0. The number of hydrogen-bond donors (Lipinski definition) is 2. The van der Waals surface area contributed by atoms with Gasteiger partial charge in [0.15, 0.2) is 24.2 Å². The largest absolute Gasteiger partial charge is 1.00 e. The van der Waals surface area contributed by atoms with Crippen molar-refractivity contribution in [2.45, 2.75) is 30.6 Å². The zero-order valence-electron chi connectivity index (χ0n) is 18.1. The van der Waals surface area contributed by atoms with Crippen LogP contribution in [-0.2, 0) is 27.9 Å². The molecule has 0 saturated carbocycles. The van der Waals surface area contributed by atoms with Crippen molar-refractivity contribution in [2.24, 2.45) is 20.7 Å². The van der Waals surface area contributed by atoms with Crippen LogP contribution in [0.5, 0.6) is 0 Å². The summed E-state index contributed by atoms with van der Waals surface area (Å²) in [6.07, 6.45) is -3.18. The van der Waals surface area contributed by atoms with Crippen molar-refractivity contribution < 1.29 is 67.1 Å². The van der Waals surface area contributed by atoms with Crippen LogP contribution in [0.25, 0.3) is 0 Å². The number of benzene rings is 1. The summed E-state index contributed by atoms with van der Waals surface area (Å²) in [5, 5.41) is 2.89. The summed E-state index contributed by atoms with van der Waals surface area (Å²) < 4.78 is 33.4. The number of guanidine groups is 1. The Hall–Kier alpha value is -2.16. The first kappa shape index (κ1) is 24.9. The summed E-state index contributed by atoms with van der Waals surface area (Å²) in [5.74, 6) is -1.52. The number of amidine groups is 1. The molecule has 4 heterocycles. The average Bonchev–Trinajstić information content (AvgIpc) is 3.34. The van der Waals surface area contributed by atoms with Crippen molar-refractivity contribution in [2.75, 3.05) is 19.0 Å². The fourth-order valence-electron chi connectivity index (χ4n) is 3.94. The van der Waals surface area contributed by atoms with Gasteiger partial charge in [0.05, 0.1) is 18.5 Å². The maximum absolute atomic E-state index is 13.0. The number of rotatable bonds is 4. The molecule has 0 aromatic heterocycles. The van der Waals surface area contributed by atoms with Gasteiger partial charge in [0.2, 0.25) is 5.96 Å². The van der Waals surface area contributed by atoms with E-state index in [1.54, 1.807) is 31.3 Å². The van der Waals surface area contributed by atoms with E-state index >= 15 is 0 Å². The monoisotopic (exact) mass is 500 g/mol. The molecule has 4 aliphatic heterocycles. The Morgan fingerprint density at radius 3 is 2.88 bits per heavy atom. The standard InChI is InChI=1S/C18H19N6O8P.Na/c1-20-9-5-3-2-4-8(9)17(26)31-13-12-10(6-29-33(27,28)32-12)30-16(13)24-7-21-11-14(24)22-18(19)23-15(11)25;/h2-5,7,10-13,16,20H,6H2,1H3,(H,27,28)(H2,19,23,25);/q;+1/p-1. The Morgan fingerprint density at radius 1 is 1.35 bits per heavy atom. The molecule has 4 aliphatic rings. The molecule has 0 radical (unpaired) electrons. The Balaban J connectivity index is 0.00000274. The minimum Gasteiger partial charge on any atom is -0.756 e. The van der Waals surface area contributed by atoms with Crippen molar-refractivity contribution in [1.82, 2.24) is 4.90 Å².